The second-order valence-corrected chi connectivity index (χ2v) is 10.5. The van der Waals surface area contributed by atoms with Gasteiger partial charge in [-0.1, -0.05) is 37.6 Å². The molecule has 6 nitrogen and oxygen atoms in total. The van der Waals surface area contributed by atoms with Crippen molar-refractivity contribution in [2.45, 2.75) is 39.4 Å². The van der Waals surface area contributed by atoms with Gasteiger partial charge in [-0.3, -0.25) is 9.00 Å². The van der Waals surface area contributed by atoms with Gasteiger partial charge in [0, 0.05) is 30.4 Å². The van der Waals surface area contributed by atoms with E-state index in [0.29, 0.717) is 34.5 Å². The van der Waals surface area contributed by atoms with Gasteiger partial charge in [-0.05, 0) is 50.3 Å². The normalized spacial score (nSPS) is 20.5. The predicted molar refractivity (Wildman–Crippen MR) is 125 cm³/mol. The molecule has 0 bridgehead atoms. The fourth-order valence-electron chi connectivity index (χ4n) is 4.22. The molecule has 2 heterocycles. The molecule has 1 aliphatic heterocycles. The van der Waals surface area contributed by atoms with Crippen molar-refractivity contribution in [1.82, 2.24) is 15.2 Å². The third kappa shape index (κ3) is 7.16. The van der Waals surface area contributed by atoms with Gasteiger partial charge in [-0.25, -0.2) is 4.98 Å². The Kier molecular flexibility index (Phi) is 8.69. The number of aryl methyl sites for hydroxylation is 1. The summed E-state index contributed by atoms with van der Waals surface area (Å²) in [6.45, 7) is 10.2. The minimum Gasteiger partial charge on any atom is -0.441 e. The van der Waals surface area contributed by atoms with E-state index in [1.54, 1.807) is 13.0 Å². The van der Waals surface area contributed by atoms with Crippen molar-refractivity contribution >= 4 is 28.3 Å². The Morgan fingerprint density at radius 1 is 1.29 bits per heavy atom. The first-order valence-electron chi connectivity index (χ1n) is 10.9. The van der Waals surface area contributed by atoms with Gasteiger partial charge in [0.15, 0.2) is 0 Å². The molecular weight excluding hydrogens is 434 g/mol. The van der Waals surface area contributed by atoms with Crippen LogP contribution >= 0.6 is 11.6 Å². The third-order valence-corrected chi connectivity index (χ3v) is 7.01. The second-order valence-electron chi connectivity index (χ2n) is 8.64. The van der Waals surface area contributed by atoms with E-state index in [-0.39, 0.29) is 17.4 Å². The number of nitrogens with zero attached hydrogens (tertiary/aromatic N) is 2. The molecular formula is C23H32ClN3O3S. The number of halogens is 1. The lowest BCUT2D eigenvalue weighted by Crippen LogP contribution is -2.40. The Morgan fingerprint density at radius 2 is 2.00 bits per heavy atom. The Balaban J connectivity index is 1.41. The number of carbonyl (C=O) groups excluding carboxylic acids is 1. The number of piperidine rings is 1. The van der Waals surface area contributed by atoms with Gasteiger partial charge in [0.2, 0.25) is 11.8 Å². The molecule has 8 heteroatoms. The minimum absolute atomic E-state index is 0.0362. The molecule has 1 fully saturated rings. The highest BCUT2D eigenvalue weighted by Gasteiger charge is 2.21. The maximum atomic E-state index is 12.5. The van der Waals surface area contributed by atoms with Crippen molar-refractivity contribution in [3.05, 3.63) is 40.7 Å². The lowest BCUT2D eigenvalue weighted by Gasteiger charge is -2.34. The number of hydrogen-bond acceptors (Lipinski definition) is 5. The quantitative estimate of drug-likeness (QED) is 0.565. The van der Waals surface area contributed by atoms with Crippen molar-refractivity contribution in [3.8, 4) is 11.5 Å². The van der Waals surface area contributed by atoms with Gasteiger partial charge < -0.3 is 14.6 Å². The topological polar surface area (TPSA) is 75.4 Å². The van der Waals surface area contributed by atoms with Gasteiger partial charge in [0.05, 0.1) is 22.0 Å². The number of nitrogens with one attached hydrogen (secondary N) is 1. The van der Waals surface area contributed by atoms with Crippen LogP contribution in [0.1, 0.15) is 38.1 Å². The molecule has 1 N–H and O–H groups in total. The van der Waals surface area contributed by atoms with E-state index in [4.69, 9.17) is 16.0 Å². The number of benzene rings is 1. The minimum atomic E-state index is -1.36. The van der Waals surface area contributed by atoms with Crippen LogP contribution in [0.4, 0.5) is 0 Å². The lowest BCUT2D eigenvalue weighted by atomic mass is 9.92. The molecule has 170 valence electrons. The SMILES string of the molecule is Cc1oc(-c2ccccc2Cl)nc1C[S@@](=O)CC(=O)NCCCN1C[C@H](C)C[C@H](C)C1. The summed E-state index contributed by atoms with van der Waals surface area (Å²) >= 11 is 6.20. The molecule has 2 aromatic rings. The summed E-state index contributed by atoms with van der Waals surface area (Å²) in [6.07, 6.45) is 2.20. The summed E-state index contributed by atoms with van der Waals surface area (Å²) in [6, 6.07) is 7.29. The number of amides is 1. The average molecular weight is 466 g/mol. The van der Waals surface area contributed by atoms with Crippen LogP contribution in [0.2, 0.25) is 5.02 Å². The number of aromatic nitrogens is 1. The summed E-state index contributed by atoms with van der Waals surface area (Å²) in [4.78, 5) is 19.1. The van der Waals surface area contributed by atoms with Crippen LogP contribution in [0.5, 0.6) is 0 Å². The largest absolute Gasteiger partial charge is 0.441 e. The Morgan fingerprint density at radius 3 is 2.71 bits per heavy atom. The second kappa shape index (κ2) is 11.2. The third-order valence-electron chi connectivity index (χ3n) is 5.50. The molecule has 0 spiro atoms. The smallest absolute Gasteiger partial charge is 0.232 e. The Hall–Kier alpha value is -1.70. The zero-order valence-corrected chi connectivity index (χ0v) is 20.1. The van der Waals surface area contributed by atoms with E-state index in [1.807, 2.05) is 18.2 Å². The van der Waals surface area contributed by atoms with Crippen molar-refractivity contribution in [2.75, 3.05) is 31.9 Å². The standard InChI is InChI=1S/C23H32ClN3O3S/c1-16-11-17(2)13-27(12-16)10-6-9-25-22(28)15-31(29)14-21-18(3)30-23(26-21)19-7-4-5-8-20(19)24/h4-5,7-8,16-17H,6,9-15H2,1-3H3,(H,25,28)/t16-,17+,31-/m1/s1. The molecule has 3 atom stereocenters. The summed E-state index contributed by atoms with van der Waals surface area (Å²) in [5.41, 5.74) is 1.29. The van der Waals surface area contributed by atoms with Crippen LogP contribution in [0.25, 0.3) is 11.5 Å². The van der Waals surface area contributed by atoms with E-state index in [0.717, 1.165) is 37.9 Å². The molecule has 31 heavy (non-hydrogen) atoms. The van der Waals surface area contributed by atoms with Crippen molar-refractivity contribution in [3.63, 3.8) is 0 Å². The van der Waals surface area contributed by atoms with Crippen LogP contribution < -0.4 is 5.32 Å². The van der Waals surface area contributed by atoms with Gasteiger partial charge in [-0.15, -0.1) is 0 Å². The van der Waals surface area contributed by atoms with E-state index >= 15 is 0 Å². The zero-order chi connectivity index (χ0) is 22.4. The Labute approximate surface area is 192 Å². The average Bonchev–Trinajstić information content (AvgIpc) is 3.05. The molecule has 1 saturated heterocycles. The van der Waals surface area contributed by atoms with Crippen LogP contribution in [-0.2, 0) is 21.3 Å². The molecule has 1 aromatic heterocycles. The summed E-state index contributed by atoms with van der Waals surface area (Å²) < 4.78 is 18.2. The summed E-state index contributed by atoms with van der Waals surface area (Å²) in [5.74, 6) is 2.42. The molecule has 0 radical (unpaired) electrons. The zero-order valence-electron chi connectivity index (χ0n) is 18.5. The van der Waals surface area contributed by atoms with Crippen LogP contribution in [0.3, 0.4) is 0 Å². The number of rotatable bonds is 9. The highest BCUT2D eigenvalue weighted by molar-refractivity contribution is 7.84. The molecule has 1 amide bonds. The highest BCUT2D eigenvalue weighted by atomic mass is 35.5. The summed E-state index contributed by atoms with van der Waals surface area (Å²) in [5, 5.41) is 3.44. The van der Waals surface area contributed by atoms with E-state index in [2.05, 4.69) is 29.0 Å². The molecule has 0 unspecified atom stereocenters. The molecule has 0 aliphatic carbocycles. The molecule has 1 aliphatic rings. The monoisotopic (exact) mass is 465 g/mol. The molecule has 3 rings (SSSR count). The van der Waals surface area contributed by atoms with Crippen LogP contribution in [0.15, 0.2) is 28.7 Å². The molecule has 0 saturated carbocycles. The lowest BCUT2D eigenvalue weighted by molar-refractivity contribution is -0.118. The van der Waals surface area contributed by atoms with E-state index in [1.165, 1.54) is 6.42 Å². The first-order valence-corrected chi connectivity index (χ1v) is 12.7. The first kappa shape index (κ1) is 24.0. The van der Waals surface area contributed by atoms with Crippen molar-refractivity contribution in [1.29, 1.82) is 0 Å². The number of oxazole rings is 1. The maximum absolute atomic E-state index is 12.5. The van der Waals surface area contributed by atoms with Crippen molar-refractivity contribution in [2.24, 2.45) is 11.8 Å². The number of likely N-dealkylation sites (tertiary alicyclic amines) is 1. The maximum Gasteiger partial charge on any atom is 0.232 e. The predicted octanol–water partition coefficient (Wildman–Crippen LogP) is 4.04. The van der Waals surface area contributed by atoms with Crippen LogP contribution in [0, 0.1) is 18.8 Å². The van der Waals surface area contributed by atoms with E-state index in [9.17, 15) is 9.00 Å². The first-order chi connectivity index (χ1) is 14.8. The number of carbonyl (C=O) groups is 1. The van der Waals surface area contributed by atoms with Gasteiger partial charge in [-0.2, -0.15) is 0 Å². The fraction of sp³-hybridized carbons (Fsp3) is 0.565. The van der Waals surface area contributed by atoms with E-state index < -0.39 is 10.8 Å². The van der Waals surface area contributed by atoms with Gasteiger partial charge in [0.25, 0.3) is 0 Å². The Bertz CT molecular complexity index is 907. The van der Waals surface area contributed by atoms with Gasteiger partial charge >= 0.3 is 0 Å². The summed E-state index contributed by atoms with van der Waals surface area (Å²) in [7, 11) is -1.36. The number of hydrogen-bond donors (Lipinski definition) is 1. The molecule has 1 aromatic carbocycles. The fourth-order valence-corrected chi connectivity index (χ4v) is 5.50. The van der Waals surface area contributed by atoms with Crippen molar-refractivity contribution < 1.29 is 13.4 Å². The van der Waals surface area contributed by atoms with Crippen LogP contribution in [-0.4, -0.2) is 51.9 Å². The van der Waals surface area contributed by atoms with Gasteiger partial charge in [0.1, 0.15) is 11.5 Å². The highest BCUT2D eigenvalue weighted by Crippen LogP contribution is 2.28.